The monoisotopic (exact) mass is 212 g/mol. The van der Waals surface area contributed by atoms with Gasteiger partial charge in [-0.2, -0.15) is 0 Å². The van der Waals surface area contributed by atoms with Crippen molar-refractivity contribution in [3.05, 3.63) is 22.4 Å². The minimum atomic E-state index is -0.753. The van der Waals surface area contributed by atoms with Crippen LogP contribution >= 0.6 is 11.3 Å². The highest BCUT2D eigenvalue weighted by atomic mass is 32.1. The topological polar surface area (TPSA) is 46.5 Å². The highest BCUT2D eigenvalue weighted by Gasteiger charge is 2.41. The third kappa shape index (κ3) is 1.67. The first-order chi connectivity index (χ1) is 6.73. The van der Waals surface area contributed by atoms with E-state index in [0.29, 0.717) is 6.42 Å². The molecule has 0 spiro atoms. The fourth-order valence-electron chi connectivity index (χ4n) is 1.71. The summed E-state index contributed by atoms with van der Waals surface area (Å²) < 4.78 is 5.56. The number of carbonyl (C=O) groups is 1. The fraction of sp³-hybridized carbons (Fsp3) is 0.500. The summed E-state index contributed by atoms with van der Waals surface area (Å²) in [4.78, 5) is 11.7. The van der Waals surface area contributed by atoms with E-state index in [1.54, 1.807) is 11.3 Å². The number of carboxylic acid groups (broad SMARTS) is 1. The fourth-order valence-corrected chi connectivity index (χ4v) is 2.65. The Labute approximate surface area is 86.3 Å². The molecule has 3 nitrogen and oxygen atoms in total. The Morgan fingerprint density at radius 1 is 1.71 bits per heavy atom. The number of carboxylic acids is 1. The minimum Gasteiger partial charge on any atom is -0.481 e. The molecule has 2 heterocycles. The standard InChI is InChI=1S/C10H12O3S/c11-9(12)3-4-10(5-6-13-10)8-2-1-7-14-8/h1-2,7H,3-6H2,(H,11,12). The van der Waals surface area contributed by atoms with Crippen molar-refractivity contribution < 1.29 is 14.6 Å². The zero-order chi connectivity index (χ0) is 10.0. The average molecular weight is 212 g/mol. The summed E-state index contributed by atoms with van der Waals surface area (Å²) in [6.07, 6.45) is 1.71. The number of ether oxygens (including phenoxy) is 1. The summed E-state index contributed by atoms with van der Waals surface area (Å²) in [5.74, 6) is -0.753. The lowest BCUT2D eigenvalue weighted by atomic mass is 9.88. The summed E-state index contributed by atoms with van der Waals surface area (Å²) in [6, 6.07) is 4.00. The van der Waals surface area contributed by atoms with E-state index in [2.05, 4.69) is 0 Å². The molecular formula is C10H12O3S. The van der Waals surface area contributed by atoms with Crippen LogP contribution in [0.5, 0.6) is 0 Å². The van der Waals surface area contributed by atoms with Crippen LogP contribution < -0.4 is 0 Å². The van der Waals surface area contributed by atoms with Crippen molar-refractivity contribution in [3.8, 4) is 0 Å². The van der Waals surface area contributed by atoms with E-state index in [0.717, 1.165) is 17.9 Å². The van der Waals surface area contributed by atoms with E-state index in [1.807, 2.05) is 17.5 Å². The molecule has 1 saturated heterocycles. The molecule has 76 valence electrons. The first kappa shape index (κ1) is 9.68. The zero-order valence-electron chi connectivity index (χ0n) is 7.73. The van der Waals surface area contributed by atoms with Crippen LogP contribution in [-0.4, -0.2) is 17.7 Å². The largest absolute Gasteiger partial charge is 0.481 e. The van der Waals surface area contributed by atoms with Crippen LogP contribution in [-0.2, 0) is 15.1 Å². The van der Waals surface area contributed by atoms with Crippen molar-refractivity contribution in [2.75, 3.05) is 6.61 Å². The highest BCUT2D eigenvalue weighted by Crippen LogP contribution is 2.43. The van der Waals surface area contributed by atoms with Gasteiger partial charge in [0.15, 0.2) is 0 Å². The van der Waals surface area contributed by atoms with Gasteiger partial charge in [-0.15, -0.1) is 11.3 Å². The van der Waals surface area contributed by atoms with Gasteiger partial charge >= 0.3 is 5.97 Å². The Bertz CT molecular complexity index is 314. The van der Waals surface area contributed by atoms with Crippen LogP contribution in [0.4, 0.5) is 0 Å². The van der Waals surface area contributed by atoms with Crippen molar-refractivity contribution >= 4 is 17.3 Å². The second-order valence-electron chi connectivity index (χ2n) is 3.46. The second-order valence-corrected chi connectivity index (χ2v) is 4.41. The van der Waals surface area contributed by atoms with Crippen LogP contribution in [0.2, 0.25) is 0 Å². The van der Waals surface area contributed by atoms with Gasteiger partial charge in [0.1, 0.15) is 5.60 Å². The van der Waals surface area contributed by atoms with Crippen LogP contribution in [0.1, 0.15) is 24.1 Å². The Kier molecular flexibility index (Phi) is 2.56. The van der Waals surface area contributed by atoms with Gasteiger partial charge < -0.3 is 9.84 Å². The molecule has 1 atom stereocenters. The van der Waals surface area contributed by atoms with Crippen molar-refractivity contribution in [2.24, 2.45) is 0 Å². The van der Waals surface area contributed by atoms with Gasteiger partial charge in [0.2, 0.25) is 0 Å². The van der Waals surface area contributed by atoms with E-state index < -0.39 is 5.97 Å². The van der Waals surface area contributed by atoms with E-state index in [-0.39, 0.29) is 12.0 Å². The Balaban J connectivity index is 2.07. The molecule has 1 aromatic rings. The van der Waals surface area contributed by atoms with E-state index in [4.69, 9.17) is 9.84 Å². The average Bonchev–Trinajstić information content (AvgIpc) is 2.55. The Morgan fingerprint density at radius 3 is 2.93 bits per heavy atom. The number of aliphatic carboxylic acids is 1. The van der Waals surface area contributed by atoms with Crippen LogP contribution in [0.25, 0.3) is 0 Å². The molecular weight excluding hydrogens is 200 g/mol. The number of rotatable bonds is 4. The van der Waals surface area contributed by atoms with Crippen LogP contribution in [0.15, 0.2) is 17.5 Å². The molecule has 1 aliphatic heterocycles. The molecule has 1 N–H and O–H groups in total. The van der Waals surface area contributed by atoms with Crippen LogP contribution in [0.3, 0.4) is 0 Å². The second kappa shape index (κ2) is 3.71. The lowest BCUT2D eigenvalue weighted by Crippen LogP contribution is -2.40. The first-order valence-electron chi connectivity index (χ1n) is 4.63. The predicted octanol–water partition coefficient (Wildman–Crippen LogP) is 2.23. The summed E-state index contributed by atoms with van der Waals surface area (Å²) in [5.41, 5.74) is -0.285. The lowest BCUT2D eigenvalue weighted by Gasteiger charge is -2.41. The van der Waals surface area contributed by atoms with Gasteiger partial charge in [0.25, 0.3) is 0 Å². The molecule has 0 aromatic carbocycles. The van der Waals surface area contributed by atoms with Gasteiger partial charge in [-0.25, -0.2) is 0 Å². The Hall–Kier alpha value is -0.870. The minimum absolute atomic E-state index is 0.178. The van der Waals surface area contributed by atoms with Crippen molar-refractivity contribution in [1.82, 2.24) is 0 Å². The van der Waals surface area contributed by atoms with Gasteiger partial charge in [0.05, 0.1) is 6.61 Å². The molecule has 4 heteroatoms. The van der Waals surface area contributed by atoms with E-state index >= 15 is 0 Å². The lowest BCUT2D eigenvalue weighted by molar-refractivity contribution is -0.164. The van der Waals surface area contributed by atoms with Gasteiger partial charge in [-0.05, 0) is 17.9 Å². The molecule has 0 aliphatic carbocycles. The third-order valence-corrected chi connectivity index (χ3v) is 3.65. The molecule has 0 radical (unpaired) electrons. The van der Waals surface area contributed by atoms with E-state index in [1.165, 1.54) is 0 Å². The number of hydrogen-bond donors (Lipinski definition) is 1. The molecule has 1 unspecified atom stereocenters. The zero-order valence-corrected chi connectivity index (χ0v) is 8.55. The van der Waals surface area contributed by atoms with Gasteiger partial charge in [-0.1, -0.05) is 6.07 Å². The number of hydrogen-bond acceptors (Lipinski definition) is 3. The highest BCUT2D eigenvalue weighted by molar-refractivity contribution is 7.10. The Morgan fingerprint density at radius 2 is 2.50 bits per heavy atom. The van der Waals surface area contributed by atoms with Crippen molar-refractivity contribution in [2.45, 2.75) is 24.9 Å². The quantitative estimate of drug-likeness (QED) is 0.832. The molecule has 1 aliphatic rings. The SMILES string of the molecule is O=C(O)CCC1(c2cccs2)CCO1. The maximum Gasteiger partial charge on any atom is 0.303 e. The molecule has 2 rings (SSSR count). The van der Waals surface area contributed by atoms with E-state index in [9.17, 15) is 4.79 Å². The number of thiophene rings is 1. The summed E-state index contributed by atoms with van der Waals surface area (Å²) >= 11 is 1.64. The molecule has 0 bridgehead atoms. The maximum absolute atomic E-state index is 10.5. The molecule has 1 aromatic heterocycles. The van der Waals surface area contributed by atoms with Gasteiger partial charge in [-0.3, -0.25) is 4.79 Å². The summed E-state index contributed by atoms with van der Waals surface area (Å²) in [6.45, 7) is 0.748. The molecule has 0 saturated carbocycles. The van der Waals surface area contributed by atoms with Crippen molar-refractivity contribution in [3.63, 3.8) is 0 Å². The molecule has 0 amide bonds. The van der Waals surface area contributed by atoms with Crippen molar-refractivity contribution in [1.29, 1.82) is 0 Å². The maximum atomic E-state index is 10.5. The first-order valence-corrected chi connectivity index (χ1v) is 5.51. The van der Waals surface area contributed by atoms with Gasteiger partial charge in [0, 0.05) is 17.7 Å². The summed E-state index contributed by atoms with van der Waals surface area (Å²) in [7, 11) is 0. The molecule has 14 heavy (non-hydrogen) atoms. The van der Waals surface area contributed by atoms with Crippen LogP contribution in [0, 0.1) is 0 Å². The molecule has 1 fully saturated rings. The third-order valence-electron chi connectivity index (χ3n) is 2.60. The summed E-state index contributed by atoms with van der Waals surface area (Å²) in [5, 5.41) is 10.6. The smallest absolute Gasteiger partial charge is 0.303 e. The predicted molar refractivity (Wildman–Crippen MR) is 53.4 cm³/mol. The normalized spacial score (nSPS) is 25.7.